The van der Waals surface area contributed by atoms with Crippen molar-refractivity contribution in [2.75, 3.05) is 0 Å². The van der Waals surface area contributed by atoms with Crippen LogP contribution in [0, 0.1) is 17.2 Å². The van der Waals surface area contributed by atoms with Gasteiger partial charge in [-0.05, 0) is 6.92 Å². The van der Waals surface area contributed by atoms with Gasteiger partial charge in [0.2, 0.25) is 5.91 Å². The zero-order valence-electron chi connectivity index (χ0n) is 5.59. The normalized spacial score (nSPS) is 23.4. The fourth-order valence-corrected chi connectivity index (χ4v) is 0.821. The van der Waals surface area contributed by atoms with Crippen molar-refractivity contribution >= 4 is 11.6 Å². The van der Waals surface area contributed by atoms with Crippen molar-refractivity contribution in [1.29, 1.82) is 5.26 Å². The van der Waals surface area contributed by atoms with Crippen molar-refractivity contribution in [1.82, 2.24) is 5.43 Å². The maximum atomic E-state index is 10.8. The second kappa shape index (κ2) is 2.48. The van der Waals surface area contributed by atoms with Gasteiger partial charge in [-0.15, -0.1) is 0 Å². The minimum atomic E-state index is -0.315. The second-order valence-corrected chi connectivity index (χ2v) is 2.14. The zero-order chi connectivity index (χ0) is 7.56. The number of carbonyl (C=O) groups is 1. The van der Waals surface area contributed by atoms with E-state index in [1.165, 1.54) is 0 Å². The number of nitriles is 1. The first kappa shape index (κ1) is 6.75. The van der Waals surface area contributed by atoms with E-state index < -0.39 is 0 Å². The Morgan fingerprint density at radius 3 is 3.00 bits per heavy atom. The SMILES string of the molecule is CC1=NNC(=O)[C@@H]1CC#N. The largest absolute Gasteiger partial charge is 0.272 e. The highest BCUT2D eigenvalue weighted by molar-refractivity contribution is 6.06. The maximum Gasteiger partial charge on any atom is 0.249 e. The third-order valence-corrected chi connectivity index (χ3v) is 1.46. The lowest BCUT2D eigenvalue weighted by Crippen LogP contribution is -2.21. The number of nitrogens with one attached hydrogen (secondary N) is 1. The monoisotopic (exact) mass is 137 g/mol. The molecule has 0 spiro atoms. The van der Waals surface area contributed by atoms with Gasteiger partial charge in [0.15, 0.2) is 0 Å². The van der Waals surface area contributed by atoms with E-state index in [0.717, 1.165) is 0 Å². The van der Waals surface area contributed by atoms with Crippen LogP contribution in [0.15, 0.2) is 5.10 Å². The molecule has 0 saturated heterocycles. The summed E-state index contributed by atoms with van der Waals surface area (Å²) in [6.45, 7) is 1.74. The molecule has 4 nitrogen and oxygen atoms in total. The smallest absolute Gasteiger partial charge is 0.249 e. The number of hydrogen-bond donors (Lipinski definition) is 1. The predicted molar refractivity (Wildman–Crippen MR) is 35.0 cm³/mol. The standard InChI is InChI=1S/C6H7N3O/c1-4-5(2-3-7)6(10)9-8-4/h5H,2H2,1H3,(H,9,10)/t5-/m1/s1. The summed E-state index contributed by atoms with van der Waals surface area (Å²) in [6.07, 6.45) is 0.223. The molecule has 1 atom stereocenters. The molecule has 4 heteroatoms. The summed E-state index contributed by atoms with van der Waals surface area (Å²) < 4.78 is 0. The fraction of sp³-hybridized carbons (Fsp3) is 0.500. The van der Waals surface area contributed by atoms with Gasteiger partial charge in [-0.3, -0.25) is 4.79 Å². The molecule has 10 heavy (non-hydrogen) atoms. The molecular weight excluding hydrogens is 130 g/mol. The van der Waals surface area contributed by atoms with Crippen LogP contribution in [0.2, 0.25) is 0 Å². The second-order valence-electron chi connectivity index (χ2n) is 2.14. The molecule has 0 fully saturated rings. The number of nitrogens with zero attached hydrogens (tertiary/aromatic N) is 2. The van der Waals surface area contributed by atoms with Crippen LogP contribution in [-0.2, 0) is 4.79 Å². The number of amides is 1. The Kier molecular flexibility index (Phi) is 1.67. The lowest BCUT2D eigenvalue weighted by Gasteiger charge is -1.98. The summed E-state index contributed by atoms with van der Waals surface area (Å²) in [5.74, 6) is -0.482. The van der Waals surface area contributed by atoms with Gasteiger partial charge in [0, 0.05) is 5.71 Å². The van der Waals surface area contributed by atoms with Crippen molar-refractivity contribution in [3.05, 3.63) is 0 Å². The van der Waals surface area contributed by atoms with E-state index in [-0.39, 0.29) is 18.2 Å². The molecule has 0 aromatic carbocycles. The highest BCUT2D eigenvalue weighted by Gasteiger charge is 2.25. The molecule has 0 aliphatic carbocycles. The van der Waals surface area contributed by atoms with E-state index in [9.17, 15) is 4.79 Å². The average molecular weight is 137 g/mol. The summed E-state index contributed by atoms with van der Waals surface area (Å²) in [7, 11) is 0. The van der Waals surface area contributed by atoms with Gasteiger partial charge in [0.05, 0.1) is 18.4 Å². The molecule has 0 radical (unpaired) electrons. The zero-order valence-corrected chi connectivity index (χ0v) is 5.59. The first-order valence-corrected chi connectivity index (χ1v) is 2.96. The van der Waals surface area contributed by atoms with Crippen molar-refractivity contribution in [2.45, 2.75) is 13.3 Å². The van der Waals surface area contributed by atoms with Gasteiger partial charge in [0.1, 0.15) is 0 Å². The van der Waals surface area contributed by atoms with Crippen molar-refractivity contribution in [2.24, 2.45) is 11.0 Å². The van der Waals surface area contributed by atoms with Crippen LogP contribution in [-0.4, -0.2) is 11.6 Å². The quantitative estimate of drug-likeness (QED) is 0.553. The molecule has 1 heterocycles. The molecule has 52 valence electrons. The lowest BCUT2D eigenvalue weighted by atomic mass is 10.0. The Labute approximate surface area is 58.5 Å². The molecule has 0 aromatic heterocycles. The fourth-order valence-electron chi connectivity index (χ4n) is 0.821. The predicted octanol–water partition coefficient (Wildman–Crippen LogP) is 0.0220. The van der Waals surface area contributed by atoms with E-state index >= 15 is 0 Å². The summed E-state index contributed by atoms with van der Waals surface area (Å²) in [4.78, 5) is 10.8. The molecule has 0 unspecified atom stereocenters. The summed E-state index contributed by atoms with van der Waals surface area (Å²) in [6, 6.07) is 1.93. The van der Waals surface area contributed by atoms with E-state index in [2.05, 4.69) is 10.5 Å². The van der Waals surface area contributed by atoms with Crippen LogP contribution < -0.4 is 5.43 Å². The van der Waals surface area contributed by atoms with E-state index in [1.54, 1.807) is 6.92 Å². The van der Waals surface area contributed by atoms with E-state index in [1.807, 2.05) is 6.07 Å². The summed E-state index contributed by atoms with van der Waals surface area (Å²) in [5, 5.41) is 12.0. The summed E-state index contributed by atoms with van der Waals surface area (Å²) >= 11 is 0. The molecule has 0 aromatic rings. The Morgan fingerprint density at radius 1 is 1.90 bits per heavy atom. The third-order valence-electron chi connectivity index (χ3n) is 1.46. The molecule has 1 aliphatic rings. The summed E-state index contributed by atoms with van der Waals surface area (Å²) in [5.41, 5.74) is 3.00. The van der Waals surface area contributed by atoms with Crippen molar-refractivity contribution in [3.63, 3.8) is 0 Å². The van der Waals surface area contributed by atoms with Gasteiger partial charge in [-0.1, -0.05) is 0 Å². The Balaban J connectivity index is 2.67. The molecule has 1 amide bonds. The van der Waals surface area contributed by atoms with Crippen molar-refractivity contribution in [3.8, 4) is 6.07 Å². The van der Waals surface area contributed by atoms with Crippen LogP contribution in [0.4, 0.5) is 0 Å². The van der Waals surface area contributed by atoms with Crippen LogP contribution in [0.1, 0.15) is 13.3 Å². The Hall–Kier alpha value is -1.37. The lowest BCUT2D eigenvalue weighted by molar-refractivity contribution is -0.121. The Morgan fingerprint density at radius 2 is 2.60 bits per heavy atom. The van der Waals surface area contributed by atoms with Crippen LogP contribution >= 0.6 is 0 Å². The van der Waals surface area contributed by atoms with Crippen LogP contribution in [0.3, 0.4) is 0 Å². The molecule has 1 N–H and O–H groups in total. The van der Waals surface area contributed by atoms with Gasteiger partial charge in [-0.25, -0.2) is 5.43 Å². The Bertz CT molecular complexity index is 226. The first-order chi connectivity index (χ1) is 4.75. The minimum Gasteiger partial charge on any atom is -0.272 e. The minimum absolute atomic E-state index is 0.168. The van der Waals surface area contributed by atoms with Gasteiger partial charge >= 0.3 is 0 Å². The topological polar surface area (TPSA) is 65.2 Å². The highest BCUT2D eigenvalue weighted by Crippen LogP contribution is 2.09. The van der Waals surface area contributed by atoms with Gasteiger partial charge in [0.25, 0.3) is 0 Å². The molecule has 0 bridgehead atoms. The maximum absolute atomic E-state index is 10.8. The third kappa shape index (κ3) is 0.982. The van der Waals surface area contributed by atoms with Gasteiger partial charge in [-0.2, -0.15) is 10.4 Å². The van der Waals surface area contributed by atoms with Crippen LogP contribution in [0.5, 0.6) is 0 Å². The molecule has 1 rings (SSSR count). The highest BCUT2D eigenvalue weighted by atomic mass is 16.2. The molecule has 1 aliphatic heterocycles. The molecule has 0 saturated carbocycles. The van der Waals surface area contributed by atoms with E-state index in [0.29, 0.717) is 5.71 Å². The first-order valence-electron chi connectivity index (χ1n) is 2.96. The van der Waals surface area contributed by atoms with Crippen molar-refractivity contribution < 1.29 is 4.79 Å². The number of hydrazone groups is 1. The molecular formula is C6H7N3O. The van der Waals surface area contributed by atoms with E-state index in [4.69, 9.17) is 5.26 Å². The van der Waals surface area contributed by atoms with Gasteiger partial charge < -0.3 is 0 Å². The number of rotatable bonds is 1. The average Bonchev–Trinajstić information content (AvgIpc) is 2.20. The number of hydrogen-bond acceptors (Lipinski definition) is 3. The number of carbonyl (C=O) groups excluding carboxylic acids is 1. The van der Waals surface area contributed by atoms with Crippen LogP contribution in [0.25, 0.3) is 0 Å².